The lowest BCUT2D eigenvalue weighted by Gasteiger charge is -2.10. The number of carbonyl (C=O) groups excluding carboxylic acids is 1. The van der Waals surface area contributed by atoms with E-state index in [9.17, 15) is 4.79 Å². The van der Waals surface area contributed by atoms with Gasteiger partial charge in [-0.1, -0.05) is 18.2 Å². The summed E-state index contributed by atoms with van der Waals surface area (Å²) in [5, 5.41) is 3.83. The molecule has 2 heterocycles. The molecular weight excluding hydrogens is 338 g/mol. The number of nitrogens with one attached hydrogen (secondary N) is 1. The minimum Gasteiger partial charge on any atom is -0.457 e. The monoisotopic (exact) mass is 355 g/mol. The van der Waals surface area contributed by atoms with Crippen LogP contribution in [0.3, 0.4) is 0 Å². The first-order chi connectivity index (χ1) is 13.3. The Labute approximate surface area is 156 Å². The molecule has 0 saturated carbocycles. The number of nitrogens with zero attached hydrogens (tertiary/aromatic N) is 2. The molecule has 1 N–H and O–H groups in total. The Morgan fingerprint density at radius 3 is 2.67 bits per heavy atom. The largest absolute Gasteiger partial charge is 0.457 e. The number of para-hydroxylation sites is 1. The van der Waals surface area contributed by atoms with Crippen LogP contribution in [0.4, 0.5) is 0 Å². The minimum atomic E-state index is -0.156. The first kappa shape index (κ1) is 16.7. The fraction of sp³-hybridized carbons (Fsp3) is 0.0455. The highest BCUT2D eigenvalue weighted by Gasteiger charge is 2.09. The Morgan fingerprint density at radius 1 is 0.926 bits per heavy atom. The summed E-state index contributed by atoms with van der Waals surface area (Å²) in [7, 11) is 0. The van der Waals surface area contributed by atoms with E-state index in [0.29, 0.717) is 23.6 Å². The second-order valence-electron chi connectivity index (χ2n) is 5.99. The predicted molar refractivity (Wildman–Crippen MR) is 104 cm³/mol. The lowest BCUT2D eigenvalue weighted by Crippen LogP contribution is -2.22. The maximum Gasteiger partial charge on any atom is 0.251 e. The van der Waals surface area contributed by atoms with Crippen LogP contribution < -0.4 is 10.1 Å². The van der Waals surface area contributed by atoms with Gasteiger partial charge in [-0.05, 0) is 54.1 Å². The first-order valence-electron chi connectivity index (χ1n) is 8.58. The van der Waals surface area contributed by atoms with E-state index in [1.807, 2.05) is 48.5 Å². The number of amides is 1. The van der Waals surface area contributed by atoms with Gasteiger partial charge in [-0.15, -0.1) is 0 Å². The van der Waals surface area contributed by atoms with Gasteiger partial charge < -0.3 is 10.1 Å². The van der Waals surface area contributed by atoms with Crippen LogP contribution in [0, 0.1) is 0 Å². The summed E-state index contributed by atoms with van der Waals surface area (Å²) < 4.78 is 6.02. The van der Waals surface area contributed by atoms with E-state index >= 15 is 0 Å². The van der Waals surface area contributed by atoms with Crippen molar-refractivity contribution in [3.05, 3.63) is 96.4 Å². The molecule has 0 bridgehead atoms. The van der Waals surface area contributed by atoms with Crippen LogP contribution in [-0.4, -0.2) is 15.9 Å². The molecule has 0 fully saturated rings. The van der Waals surface area contributed by atoms with E-state index in [4.69, 9.17) is 4.74 Å². The Hall–Kier alpha value is -3.73. The van der Waals surface area contributed by atoms with Crippen molar-refractivity contribution >= 4 is 16.8 Å². The summed E-state index contributed by atoms with van der Waals surface area (Å²) in [5.41, 5.74) is 2.40. The van der Waals surface area contributed by atoms with Crippen molar-refractivity contribution in [1.29, 1.82) is 0 Å². The van der Waals surface area contributed by atoms with Crippen molar-refractivity contribution in [1.82, 2.24) is 15.3 Å². The van der Waals surface area contributed by atoms with Gasteiger partial charge in [0.1, 0.15) is 11.5 Å². The highest BCUT2D eigenvalue weighted by molar-refractivity contribution is 5.94. The third kappa shape index (κ3) is 3.93. The molecular formula is C22H17N3O2. The molecule has 2 aromatic carbocycles. The van der Waals surface area contributed by atoms with Crippen LogP contribution in [0.25, 0.3) is 10.9 Å². The average Bonchev–Trinajstić information content (AvgIpc) is 2.73. The number of hydrogen-bond donors (Lipinski definition) is 1. The molecule has 1 amide bonds. The first-order valence-corrected chi connectivity index (χ1v) is 8.58. The van der Waals surface area contributed by atoms with E-state index in [2.05, 4.69) is 15.3 Å². The summed E-state index contributed by atoms with van der Waals surface area (Å²) in [6, 6.07) is 20.5. The van der Waals surface area contributed by atoms with Crippen LogP contribution in [-0.2, 0) is 6.54 Å². The SMILES string of the molecule is O=C(NCc1ccncc1)c1cccc(Oc2ccnc3ccccc23)c1. The Balaban J connectivity index is 1.51. The van der Waals surface area contributed by atoms with E-state index in [1.54, 1.807) is 36.8 Å². The zero-order chi connectivity index (χ0) is 18.5. The summed E-state index contributed by atoms with van der Waals surface area (Å²) >= 11 is 0. The van der Waals surface area contributed by atoms with Gasteiger partial charge in [0.05, 0.1) is 5.52 Å². The summed E-state index contributed by atoms with van der Waals surface area (Å²) in [5.74, 6) is 1.15. The average molecular weight is 355 g/mol. The summed E-state index contributed by atoms with van der Waals surface area (Å²) in [4.78, 5) is 20.7. The van der Waals surface area contributed by atoms with Crippen molar-refractivity contribution in [3.63, 3.8) is 0 Å². The molecule has 0 aliphatic carbocycles. The highest BCUT2D eigenvalue weighted by Crippen LogP contribution is 2.28. The van der Waals surface area contributed by atoms with Crippen LogP contribution in [0.2, 0.25) is 0 Å². The van der Waals surface area contributed by atoms with Gasteiger partial charge in [-0.3, -0.25) is 14.8 Å². The Kier molecular flexibility index (Phi) is 4.74. The molecule has 132 valence electrons. The van der Waals surface area contributed by atoms with Crippen LogP contribution in [0.1, 0.15) is 15.9 Å². The molecule has 27 heavy (non-hydrogen) atoms. The molecule has 0 aliphatic rings. The van der Waals surface area contributed by atoms with E-state index in [0.717, 1.165) is 16.5 Å². The third-order valence-electron chi connectivity index (χ3n) is 4.14. The zero-order valence-corrected chi connectivity index (χ0v) is 14.5. The van der Waals surface area contributed by atoms with Gasteiger partial charge in [0.15, 0.2) is 0 Å². The maximum atomic E-state index is 12.4. The molecule has 0 atom stereocenters. The van der Waals surface area contributed by atoms with E-state index in [1.165, 1.54) is 0 Å². The lowest BCUT2D eigenvalue weighted by molar-refractivity contribution is 0.0950. The van der Waals surface area contributed by atoms with Crippen molar-refractivity contribution in [3.8, 4) is 11.5 Å². The number of fused-ring (bicyclic) bond motifs is 1. The highest BCUT2D eigenvalue weighted by atomic mass is 16.5. The van der Waals surface area contributed by atoms with E-state index < -0.39 is 0 Å². The number of carbonyl (C=O) groups is 1. The molecule has 4 rings (SSSR count). The number of aromatic nitrogens is 2. The zero-order valence-electron chi connectivity index (χ0n) is 14.5. The smallest absolute Gasteiger partial charge is 0.251 e. The van der Waals surface area contributed by atoms with Gasteiger partial charge in [0.25, 0.3) is 5.91 Å². The molecule has 0 radical (unpaired) electrons. The van der Waals surface area contributed by atoms with E-state index in [-0.39, 0.29) is 5.91 Å². The second-order valence-corrected chi connectivity index (χ2v) is 5.99. The molecule has 0 saturated heterocycles. The number of rotatable bonds is 5. The third-order valence-corrected chi connectivity index (χ3v) is 4.14. The van der Waals surface area contributed by atoms with Gasteiger partial charge in [-0.25, -0.2) is 0 Å². The fourth-order valence-corrected chi connectivity index (χ4v) is 2.77. The number of pyridine rings is 2. The molecule has 0 unspecified atom stereocenters. The second kappa shape index (κ2) is 7.66. The van der Waals surface area contributed by atoms with Gasteiger partial charge in [0, 0.05) is 36.1 Å². The molecule has 5 nitrogen and oxygen atoms in total. The fourth-order valence-electron chi connectivity index (χ4n) is 2.77. The van der Waals surface area contributed by atoms with Crippen LogP contribution in [0.5, 0.6) is 11.5 Å². The number of benzene rings is 2. The van der Waals surface area contributed by atoms with Gasteiger partial charge in [-0.2, -0.15) is 0 Å². The number of hydrogen-bond acceptors (Lipinski definition) is 4. The van der Waals surface area contributed by atoms with Crippen LogP contribution in [0.15, 0.2) is 85.3 Å². The molecule has 2 aromatic heterocycles. The normalized spacial score (nSPS) is 10.5. The number of ether oxygens (including phenoxy) is 1. The van der Waals surface area contributed by atoms with Crippen molar-refractivity contribution in [2.45, 2.75) is 6.54 Å². The Bertz CT molecular complexity index is 1080. The standard InChI is InChI=1S/C22H17N3O2/c26-22(25-15-16-8-11-23-12-9-16)17-4-3-5-18(14-17)27-21-10-13-24-20-7-2-1-6-19(20)21/h1-14H,15H2,(H,25,26). The topological polar surface area (TPSA) is 64.1 Å². The van der Waals surface area contributed by atoms with Crippen molar-refractivity contribution in [2.75, 3.05) is 0 Å². The van der Waals surface area contributed by atoms with Crippen molar-refractivity contribution < 1.29 is 9.53 Å². The lowest BCUT2D eigenvalue weighted by atomic mass is 10.2. The Morgan fingerprint density at radius 2 is 1.78 bits per heavy atom. The minimum absolute atomic E-state index is 0.156. The molecule has 4 aromatic rings. The summed E-state index contributed by atoms with van der Waals surface area (Å²) in [6.45, 7) is 0.446. The van der Waals surface area contributed by atoms with Crippen LogP contribution >= 0.6 is 0 Å². The molecule has 0 spiro atoms. The molecule has 0 aliphatic heterocycles. The summed E-state index contributed by atoms with van der Waals surface area (Å²) in [6.07, 6.45) is 5.12. The van der Waals surface area contributed by atoms with Gasteiger partial charge >= 0.3 is 0 Å². The van der Waals surface area contributed by atoms with Crippen molar-refractivity contribution in [2.24, 2.45) is 0 Å². The maximum absolute atomic E-state index is 12.4. The quantitative estimate of drug-likeness (QED) is 0.578. The van der Waals surface area contributed by atoms with Gasteiger partial charge in [0.2, 0.25) is 0 Å². The molecule has 5 heteroatoms. The predicted octanol–water partition coefficient (Wildman–Crippen LogP) is 4.35.